The van der Waals surface area contributed by atoms with Crippen LogP contribution in [0.3, 0.4) is 0 Å². The first-order chi connectivity index (χ1) is 8.51. The van der Waals surface area contributed by atoms with Crippen LogP contribution in [0.4, 0.5) is 4.79 Å². The lowest BCUT2D eigenvalue weighted by molar-refractivity contribution is -0.139. The van der Waals surface area contributed by atoms with Crippen molar-refractivity contribution in [2.75, 3.05) is 12.8 Å². The average Bonchev–Trinajstić information content (AvgIpc) is 2.24. The van der Waals surface area contributed by atoms with E-state index in [-0.39, 0.29) is 13.0 Å². The van der Waals surface area contributed by atoms with E-state index in [1.807, 2.05) is 0 Å². The highest BCUT2D eigenvalue weighted by molar-refractivity contribution is 7.92. The Kier molecular flexibility index (Phi) is 6.01. The van der Waals surface area contributed by atoms with Crippen molar-refractivity contribution < 1.29 is 23.1 Å². The van der Waals surface area contributed by atoms with Gasteiger partial charge < -0.3 is 15.7 Å². The van der Waals surface area contributed by atoms with Gasteiger partial charge in [0.2, 0.25) is 0 Å². The van der Waals surface area contributed by atoms with E-state index in [1.165, 1.54) is 19.9 Å². The van der Waals surface area contributed by atoms with Crippen LogP contribution in [0, 0.1) is 0 Å². The van der Waals surface area contributed by atoms with Crippen LogP contribution in [0.5, 0.6) is 0 Å². The summed E-state index contributed by atoms with van der Waals surface area (Å²) in [5.41, 5.74) is 0. The Labute approximate surface area is 113 Å². The third kappa shape index (κ3) is 5.73. The Morgan fingerprint density at radius 3 is 2.32 bits per heavy atom. The monoisotopic (exact) mass is 292 g/mol. The Morgan fingerprint density at radius 2 is 1.95 bits per heavy atom. The first-order valence-corrected chi connectivity index (χ1v) is 7.48. The second kappa shape index (κ2) is 6.55. The smallest absolute Gasteiger partial charge is 0.326 e. The fourth-order valence-electron chi connectivity index (χ4n) is 1.02. The molecule has 0 aliphatic heterocycles. The molecule has 0 aromatic heterocycles. The highest BCUT2D eigenvalue weighted by Crippen LogP contribution is 2.13. The predicted octanol–water partition coefficient (Wildman–Crippen LogP) is 0.138. The number of urea groups is 1. The molecule has 0 saturated carbocycles. The van der Waals surface area contributed by atoms with E-state index < -0.39 is 32.6 Å². The van der Waals surface area contributed by atoms with Crippen molar-refractivity contribution in [3.63, 3.8) is 0 Å². The van der Waals surface area contributed by atoms with E-state index in [2.05, 4.69) is 17.2 Å². The summed E-state index contributed by atoms with van der Waals surface area (Å²) in [6.07, 6.45) is 2.53. The zero-order valence-electron chi connectivity index (χ0n) is 11.3. The maximum absolute atomic E-state index is 11.5. The van der Waals surface area contributed by atoms with E-state index >= 15 is 0 Å². The minimum atomic E-state index is -3.33. The van der Waals surface area contributed by atoms with Crippen LogP contribution in [-0.2, 0) is 14.6 Å². The lowest BCUT2D eigenvalue weighted by Gasteiger charge is -2.23. The number of carboxylic acids is 1. The van der Waals surface area contributed by atoms with Crippen LogP contribution in [0.25, 0.3) is 0 Å². The minimum absolute atomic E-state index is 0.0816. The molecule has 8 heteroatoms. The topological polar surface area (TPSA) is 113 Å². The van der Waals surface area contributed by atoms with Gasteiger partial charge >= 0.3 is 12.0 Å². The number of rotatable bonds is 7. The Hall–Kier alpha value is -1.57. The molecule has 0 heterocycles. The summed E-state index contributed by atoms with van der Waals surface area (Å²) in [7, 11) is -3.33. The third-order valence-corrected chi connectivity index (χ3v) is 4.84. The molecule has 7 nitrogen and oxygen atoms in total. The van der Waals surface area contributed by atoms with Crippen molar-refractivity contribution >= 4 is 21.8 Å². The van der Waals surface area contributed by atoms with Crippen molar-refractivity contribution in [1.29, 1.82) is 0 Å². The van der Waals surface area contributed by atoms with Gasteiger partial charge in [-0.25, -0.2) is 18.0 Å². The van der Waals surface area contributed by atoms with Crippen molar-refractivity contribution in [3.8, 4) is 0 Å². The van der Waals surface area contributed by atoms with E-state index in [4.69, 9.17) is 5.11 Å². The number of carboxylic acid groups (broad SMARTS) is 1. The van der Waals surface area contributed by atoms with Gasteiger partial charge in [0.1, 0.15) is 6.04 Å². The lowest BCUT2D eigenvalue weighted by atomic mass is 10.2. The number of sulfone groups is 1. The maximum Gasteiger partial charge on any atom is 0.326 e. The van der Waals surface area contributed by atoms with Crippen LogP contribution in [0.15, 0.2) is 12.7 Å². The summed E-state index contributed by atoms with van der Waals surface area (Å²) in [6, 6.07) is -1.81. The summed E-state index contributed by atoms with van der Waals surface area (Å²) < 4.78 is 21.7. The highest BCUT2D eigenvalue weighted by Gasteiger charge is 2.30. The minimum Gasteiger partial charge on any atom is -0.480 e. The molecule has 0 aromatic rings. The molecular formula is C11H20N2O5S. The molecule has 1 unspecified atom stereocenters. The molecular weight excluding hydrogens is 272 g/mol. The maximum atomic E-state index is 11.5. The van der Waals surface area contributed by atoms with Crippen LogP contribution in [0.2, 0.25) is 0 Å². The third-order valence-electron chi connectivity index (χ3n) is 2.68. The van der Waals surface area contributed by atoms with E-state index in [0.29, 0.717) is 0 Å². The highest BCUT2D eigenvalue weighted by atomic mass is 32.2. The molecule has 0 saturated heterocycles. The van der Waals surface area contributed by atoms with Gasteiger partial charge in [-0.2, -0.15) is 0 Å². The summed E-state index contributed by atoms with van der Waals surface area (Å²) in [6.45, 7) is 6.23. The molecule has 3 N–H and O–H groups in total. The number of nitrogens with one attached hydrogen (secondary N) is 2. The Bertz CT molecular complexity index is 456. The van der Waals surface area contributed by atoms with E-state index in [0.717, 1.165) is 6.26 Å². The number of hydrogen-bond donors (Lipinski definition) is 3. The molecule has 110 valence electrons. The summed E-state index contributed by atoms with van der Waals surface area (Å²) in [5, 5.41) is 13.4. The van der Waals surface area contributed by atoms with Crippen molar-refractivity contribution in [2.24, 2.45) is 0 Å². The fourth-order valence-corrected chi connectivity index (χ4v) is 1.36. The van der Waals surface area contributed by atoms with E-state index in [9.17, 15) is 18.0 Å². The van der Waals surface area contributed by atoms with Gasteiger partial charge in [0.15, 0.2) is 9.84 Å². The van der Waals surface area contributed by atoms with Crippen molar-refractivity contribution in [2.45, 2.75) is 31.1 Å². The number of aliphatic carboxylic acids is 1. The second-order valence-corrected chi connectivity index (χ2v) is 7.42. The van der Waals surface area contributed by atoms with Crippen molar-refractivity contribution in [3.05, 3.63) is 12.7 Å². The number of hydrogen-bond acceptors (Lipinski definition) is 4. The van der Waals surface area contributed by atoms with Crippen LogP contribution < -0.4 is 10.6 Å². The predicted molar refractivity (Wildman–Crippen MR) is 71.7 cm³/mol. The van der Waals surface area contributed by atoms with Gasteiger partial charge in [-0.3, -0.25) is 0 Å². The van der Waals surface area contributed by atoms with E-state index in [1.54, 1.807) is 0 Å². The molecule has 19 heavy (non-hydrogen) atoms. The molecule has 0 rings (SSSR count). The molecule has 0 bridgehead atoms. The van der Waals surface area contributed by atoms with Gasteiger partial charge in [-0.05, 0) is 20.3 Å². The first kappa shape index (κ1) is 17.4. The van der Waals surface area contributed by atoms with Gasteiger partial charge in [0.25, 0.3) is 0 Å². The molecule has 0 aromatic carbocycles. The van der Waals surface area contributed by atoms with Crippen LogP contribution in [-0.4, -0.2) is 49.1 Å². The van der Waals surface area contributed by atoms with Gasteiger partial charge in [-0.15, -0.1) is 6.58 Å². The molecule has 0 aliphatic carbocycles. The largest absolute Gasteiger partial charge is 0.480 e. The zero-order chi connectivity index (χ0) is 15.3. The molecule has 1 atom stereocenters. The number of carbonyl (C=O) groups excluding carboxylic acids is 1. The molecule has 0 fully saturated rings. The van der Waals surface area contributed by atoms with Crippen LogP contribution in [0.1, 0.15) is 20.3 Å². The quantitative estimate of drug-likeness (QED) is 0.578. The lowest BCUT2D eigenvalue weighted by Crippen LogP contribution is -2.50. The molecule has 0 spiro atoms. The van der Waals surface area contributed by atoms with Gasteiger partial charge in [-0.1, -0.05) is 6.08 Å². The fraction of sp³-hybridized carbons (Fsp3) is 0.636. The van der Waals surface area contributed by atoms with Crippen molar-refractivity contribution in [1.82, 2.24) is 10.6 Å². The first-order valence-electron chi connectivity index (χ1n) is 5.59. The standard InChI is InChI=1S/C11H20N2O5S/c1-5-6-8(9(14)15)13-10(16)12-7-11(2,3)19(4,17)18/h5,8H,1,6-7H2,2-4H3,(H,14,15)(H2,12,13,16). The Balaban J connectivity index is 4.48. The molecule has 0 aliphatic rings. The summed E-state index contributed by atoms with van der Waals surface area (Å²) >= 11 is 0. The molecule has 0 radical (unpaired) electrons. The second-order valence-electron chi connectivity index (χ2n) is 4.77. The van der Waals surface area contributed by atoms with Crippen LogP contribution >= 0.6 is 0 Å². The molecule has 2 amide bonds. The zero-order valence-corrected chi connectivity index (χ0v) is 12.1. The van der Waals surface area contributed by atoms with Gasteiger partial charge in [0, 0.05) is 12.8 Å². The summed E-state index contributed by atoms with van der Waals surface area (Å²) in [5.74, 6) is -1.18. The summed E-state index contributed by atoms with van der Waals surface area (Å²) in [4.78, 5) is 22.3. The van der Waals surface area contributed by atoms with Gasteiger partial charge in [0.05, 0.1) is 4.75 Å². The number of carbonyl (C=O) groups is 2. The SMILES string of the molecule is C=CCC(NC(=O)NCC(C)(C)S(C)(=O)=O)C(=O)O. The number of amides is 2. The Morgan fingerprint density at radius 1 is 1.42 bits per heavy atom. The average molecular weight is 292 g/mol. The normalized spacial score (nSPS) is 13.4.